The fraction of sp³-hybridized carbons (Fsp3) is 0.684. The van der Waals surface area contributed by atoms with Gasteiger partial charge in [0.15, 0.2) is 5.96 Å². The van der Waals surface area contributed by atoms with Gasteiger partial charge in [0.2, 0.25) is 11.9 Å². The zero-order valence-electron chi connectivity index (χ0n) is 16.2. The van der Waals surface area contributed by atoms with Gasteiger partial charge in [0.25, 0.3) is 0 Å². The minimum Gasteiger partial charge on any atom is -0.354 e. The van der Waals surface area contributed by atoms with Crippen molar-refractivity contribution in [2.24, 2.45) is 10.9 Å². The number of carbonyl (C=O) groups is 1. The van der Waals surface area contributed by atoms with Crippen LogP contribution in [-0.2, 0) is 4.79 Å². The summed E-state index contributed by atoms with van der Waals surface area (Å²) >= 11 is 0. The molecule has 27 heavy (non-hydrogen) atoms. The first kappa shape index (κ1) is 19.4. The third-order valence-corrected chi connectivity index (χ3v) is 5.31. The highest BCUT2D eigenvalue weighted by Crippen LogP contribution is 2.23. The van der Waals surface area contributed by atoms with E-state index in [1.807, 2.05) is 6.07 Å². The summed E-state index contributed by atoms with van der Waals surface area (Å²) in [5, 5.41) is 6.43. The first-order valence-electron chi connectivity index (χ1n) is 10.0. The molecule has 1 amide bonds. The lowest BCUT2D eigenvalue weighted by molar-refractivity contribution is -0.125. The summed E-state index contributed by atoms with van der Waals surface area (Å²) in [6, 6.07) is 1.83. The number of aromatic nitrogens is 2. The van der Waals surface area contributed by atoms with E-state index < -0.39 is 0 Å². The quantitative estimate of drug-likeness (QED) is 0.453. The molecule has 2 fully saturated rings. The second kappa shape index (κ2) is 10.1. The summed E-state index contributed by atoms with van der Waals surface area (Å²) in [6.45, 7) is 4.78. The SMILES string of the molecule is CN=C(NCCNC(=O)C1CCCCC1)N1CCN(c2ncccn2)CC1. The van der Waals surface area contributed by atoms with E-state index in [1.54, 1.807) is 19.4 Å². The van der Waals surface area contributed by atoms with Crippen molar-refractivity contribution in [3.05, 3.63) is 18.5 Å². The van der Waals surface area contributed by atoms with Crippen molar-refractivity contribution in [1.29, 1.82) is 0 Å². The van der Waals surface area contributed by atoms with E-state index in [0.717, 1.165) is 50.9 Å². The third-order valence-electron chi connectivity index (χ3n) is 5.31. The molecule has 0 spiro atoms. The van der Waals surface area contributed by atoms with Gasteiger partial charge in [-0.2, -0.15) is 0 Å². The number of hydrogen-bond acceptors (Lipinski definition) is 5. The Hall–Kier alpha value is -2.38. The van der Waals surface area contributed by atoms with Crippen molar-refractivity contribution in [3.8, 4) is 0 Å². The van der Waals surface area contributed by atoms with Crippen molar-refractivity contribution >= 4 is 17.8 Å². The minimum absolute atomic E-state index is 0.211. The van der Waals surface area contributed by atoms with Gasteiger partial charge in [0.05, 0.1) is 0 Å². The van der Waals surface area contributed by atoms with Crippen molar-refractivity contribution in [2.45, 2.75) is 32.1 Å². The number of nitrogens with zero attached hydrogens (tertiary/aromatic N) is 5. The van der Waals surface area contributed by atoms with Crippen LogP contribution in [0.2, 0.25) is 0 Å². The number of rotatable bonds is 5. The van der Waals surface area contributed by atoms with Gasteiger partial charge >= 0.3 is 0 Å². The maximum absolute atomic E-state index is 12.2. The lowest BCUT2D eigenvalue weighted by atomic mass is 9.89. The second-order valence-electron chi connectivity index (χ2n) is 7.12. The molecule has 1 aliphatic carbocycles. The predicted molar refractivity (Wildman–Crippen MR) is 107 cm³/mol. The number of aliphatic imine (C=N–C) groups is 1. The molecule has 8 nitrogen and oxygen atoms in total. The number of nitrogens with one attached hydrogen (secondary N) is 2. The molecule has 0 unspecified atom stereocenters. The van der Waals surface area contributed by atoms with E-state index in [0.29, 0.717) is 13.1 Å². The Balaban J connectivity index is 1.36. The summed E-state index contributed by atoms with van der Waals surface area (Å²) in [5.74, 6) is 2.09. The van der Waals surface area contributed by atoms with Crippen LogP contribution in [0, 0.1) is 5.92 Å². The number of amides is 1. The predicted octanol–water partition coefficient (Wildman–Crippen LogP) is 0.871. The molecular weight excluding hydrogens is 342 g/mol. The second-order valence-corrected chi connectivity index (χ2v) is 7.12. The molecule has 148 valence electrons. The molecule has 0 radical (unpaired) electrons. The number of anilines is 1. The Kier molecular flexibility index (Phi) is 7.24. The van der Waals surface area contributed by atoms with Crippen LogP contribution in [0.25, 0.3) is 0 Å². The van der Waals surface area contributed by atoms with Gasteiger partial charge in [-0.3, -0.25) is 9.79 Å². The van der Waals surface area contributed by atoms with E-state index in [1.165, 1.54) is 19.3 Å². The summed E-state index contributed by atoms with van der Waals surface area (Å²) in [5.41, 5.74) is 0. The van der Waals surface area contributed by atoms with Gasteiger partial charge in [-0.15, -0.1) is 0 Å². The molecule has 1 aromatic rings. The van der Waals surface area contributed by atoms with Crippen LogP contribution in [0.1, 0.15) is 32.1 Å². The average Bonchev–Trinajstić information content (AvgIpc) is 2.75. The normalized spacial score (nSPS) is 19.1. The van der Waals surface area contributed by atoms with Crippen molar-refractivity contribution in [3.63, 3.8) is 0 Å². The first-order valence-corrected chi connectivity index (χ1v) is 10.0. The van der Waals surface area contributed by atoms with Crippen molar-refractivity contribution < 1.29 is 4.79 Å². The molecule has 1 saturated carbocycles. The first-order chi connectivity index (χ1) is 13.3. The zero-order chi connectivity index (χ0) is 18.9. The Bertz CT molecular complexity index is 608. The fourth-order valence-electron chi connectivity index (χ4n) is 3.77. The van der Waals surface area contributed by atoms with E-state index in [-0.39, 0.29) is 11.8 Å². The highest BCUT2D eigenvalue weighted by Gasteiger charge is 2.22. The van der Waals surface area contributed by atoms with E-state index in [9.17, 15) is 4.79 Å². The molecule has 8 heteroatoms. The maximum atomic E-state index is 12.2. The number of piperazine rings is 1. The van der Waals surface area contributed by atoms with Crippen LogP contribution in [0.5, 0.6) is 0 Å². The summed E-state index contributed by atoms with van der Waals surface area (Å²) in [4.78, 5) is 29.6. The molecular formula is C19H31N7O. The van der Waals surface area contributed by atoms with Gasteiger partial charge in [-0.05, 0) is 18.9 Å². The van der Waals surface area contributed by atoms with Crippen LogP contribution in [0.15, 0.2) is 23.5 Å². The number of guanidine groups is 1. The van der Waals surface area contributed by atoms with E-state index in [2.05, 4.69) is 35.4 Å². The van der Waals surface area contributed by atoms with Crippen LogP contribution >= 0.6 is 0 Å². The highest BCUT2D eigenvalue weighted by molar-refractivity contribution is 5.80. The lowest BCUT2D eigenvalue weighted by Crippen LogP contribution is -2.53. The van der Waals surface area contributed by atoms with Crippen LogP contribution in [-0.4, -0.2) is 73.1 Å². The highest BCUT2D eigenvalue weighted by atomic mass is 16.1. The number of hydrogen-bond donors (Lipinski definition) is 2. The van der Waals surface area contributed by atoms with E-state index >= 15 is 0 Å². The molecule has 0 atom stereocenters. The third kappa shape index (κ3) is 5.55. The summed E-state index contributed by atoms with van der Waals surface area (Å²) in [6.07, 6.45) is 9.26. The molecule has 1 aliphatic heterocycles. The molecule has 1 saturated heterocycles. The largest absolute Gasteiger partial charge is 0.354 e. The Morgan fingerprint density at radius 2 is 1.74 bits per heavy atom. The molecule has 2 N–H and O–H groups in total. The maximum Gasteiger partial charge on any atom is 0.225 e. The van der Waals surface area contributed by atoms with Crippen LogP contribution < -0.4 is 15.5 Å². The minimum atomic E-state index is 0.211. The molecule has 0 bridgehead atoms. The average molecular weight is 374 g/mol. The van der Waals surface area contributed by atoms with Gasteiger partial charge in [-0.25, -0.2) is 9.97 Å². The van der Waals surface area contributed by atoms with Gasteiger partial charge in [-0.1, -0.05) is 19.3 Å². The molecule has 2 heterocycles. The van der Waals surface area contributed by atoms with Gasteiger partial charge in [0.1, 0.15) is 0 Å². The fourth-order valence-corrected chi connectivity index (χ4v) is 3.77. The van der Waals surface area contributed by atoms with Crippen LogP contribution in [0.3, 0.4) is 0 Å². The van der Waals surface area contributed by atoms with Crippen molar-refractivity contribution in [2.75, 3.05) is 51.2 Å². The standard InChI is InChI=1S/C19H31N7O/c1-20-18(24-11-10-21-17(27)16-6-3-2-4-7-16)25-12-14-26(15-13-25)19-22-8-5-9-23-19/h5,8-9,16H,2-4,6-7,10-15H2,1H3,(H,20,24)(H,21,27). The zero-order valence-corrected chi connectivity index (χ0v) is 16.2. The van der Waals surface area contributed by atoms with E-state index in [4.69, 9.17) is 0 Å². The lowest BCUT2D eigenvalue weighted by Gasteiger charge is -2.36. The topological polar surface area (TPSA) is 85.8 Å². The molecule has 1 aromatic heterocycles. The monoisotopic (exact) mass is 373 g/mol. The Morgan fingerprint density at radius 3 is 2.41 bits per heavy atom. The smallest absolute Gasteiger partial charge is 0.225 e. The number of carbonyl (C=O) groups excluding carboxylic acids is 1. The van der Waals surface area contributed by atoms with Crippen LogP contribution in [0.4, 0.5) is 5.95 Å². The molecule has 3 rings (SSSR count). The van der Waals surface area contributed by atoms with Gasteiger partial charge in [0, 0.05) is 64.6 Å². The Morgan fingerprint density at radius 1 is 1.07 bits per heavy atom. The van der Waals surface area contributed by atoms with Crippen molar-refractivity contribution in [1.82, 2.24) is 25.5 Å². The van der Waals surface area contributed by atoms with Gasteiger partial charge < -0.3 is 20.4 Å². The molecule has 0 aromatic carbocycles. The summed E-state index contributed by atoms with van der Waals surface area (Å²) < 4.78 is 0. The summed E-state index contributed by atoms with van der Waals surface area (Å²) in [7, 11) is 1.80. The molecule has 2 aliphatic rings. The Labute approximate surface area is 161 Å².